The molecule has 0 aromatic heterocycles. The molecule has 0 spiro atoms. The van der Waals surface area contributed by atoms with Gasteiger partial charge in [-0.2, -0.15) is 0 Å². The average molecular weight is 898 g/mol. The number of rotatable bonds is 27. The van der Waals surface area contributed by atoms with Gasteiger partial charge < -0.3 is 41.8 Å². The van der Waals surface area contributed by atoms with Gasteiger partial charge >= 0.3 is 35.8 Å². The highest BCUT2D eigenvalue weighted by Crippen LogP contribution is 2.56. The number of allylic oxidation sites excluding steroid dienone is 4. The Balaban J connectivity index is 2.39. The third kappa shape index (κ3) is 11.8. The minimum atomic E-state index is -1.34. The third-order valence-corrected chi connectivity index (χ3v) is 14.3. The summed E-state index contributed by atoms with van der Waals surface area (Å²) < 4.78 is 0. The second-order valence-electron chi connectivity index (χ2n) is 19.5. The highest BCUT2D eigenvalue weighted by molar-refractivity contribution is 6.02. The molecule has 0 saturated heterocycles. The number of nitrogens with one attached hydrogen (secondary N) is 1. The molecule has 18 nitrogen and oxygen atoms in total. The van der Waals surface area contributed by atoms with Crippen molar-refractivity contribution in [3.63, 3.8) is 0 Å². The summed E-state index contributed by atoms with van der Waals surface area (Å²) in [4.78, 5) is 101. The van der Waals surface area contributed by atoms with Crippen LogP contribution in [0, 0.1) is 56.7 Å². The van der Waals surface area contributed by atoms with Crippen LogP contribution in [0.1, 0.15) is 139 Å². The number of nitrogens with zero attached hydrogens (tertiary/aromatic N) is 3. The molecule has 64 heavy (non-hydrogen) atoms. The highest BCUT2D eigenvalue weighted by Gasteiger charge is 2.57. The minimum absolute atomic E-state index is 0.0410. The molecule has 8 unspecified atom stereocenters. The van der Waals surface area contributed by atoms with E-state index in [1.54, 1.807) is 54.7 Å². The topological polar surface area (TPSA) is 328 Å². The number of aliphatic imine (C=N–C) groups is 3. The van der Waals surface area contributed by atoms with Crippen LogP contribution in [-0.4, -0.2) is 102 Å². The summed E-state index contributed by atoms with van der Waals surface area (Å²) in [6, 6.07) is -0.956. The Kier molecular flexibility index (Phi) is 16.9. The lowest BCUT2D eigenvalue weighted by Crippen LogP contribution is -2.48. The van der Waals surface area contributed by atoms with E-state index in [1.165, 1.54) is 0 Å². The zero-order chi connectivity index (χ0) is 48.9. The predicted molar refractivity (Wildman–Crippen MR) is 238 cm³/mol. The van der Waals surface area contributed by atoms with E-state index in [9.17, 15) is 64.2 Å². The Morgan fingerprint density at radius 3 is 1.83 bits per heavy atom. The normalized spacial score (nSPS) is 25.1. The van der Waals surface area contributed by atoms with Crippen molar-refractivity contribution in [2.24, 2.45) is 72.0 Å². The first-order valence-electron chi connectivity index (χ1n) is 21.8. The maximum Gasteiger partial charge on any atom is 0.303 e. The van der Waals surface area contributed by atoms with Gasteiger partial charge in [-0.25, -0.2) is 0 Å². The van der Waals surface area contributed by atoms with E-state index in [4.69, 9.17) is 21.1 Å². The number of amides is 1. The summed E-state index contributed by atoms with van der Waals surface area (Å²) in [7, 11) is 0. The quantitative estimate of drug-likeness (QED) is 0.0396. The number of primary amides is 1. The Morgan fingerprint density at radius 1 is 0.797 bits per heavy atom. The van der Waals surface area contributed by atoms with E-state index in [2.05, 4.69) is 4.99 Å². The van der Waals surface area contributed by atoms with Gasteiger partial charge in [0.2, 0.25) is 5.91 Å². The molecule has 354 valence electrons. The third-order valence-electron chi connectivity index (χ3n) is 14.3. The molecule has 0 fully saturated rings. The van der Waals surface area contributed by atoms with Gasteiger partial charge in [0.25, 0.3) is 0 Å². The Morgan fingerprint density at radius 2 is 1.34 bits per heavy atom. The van der Waals surface area contributed by atoms with Gasteiger partial charge in [-0.05, 0) is 54.1 Å². The molecule has 0 bridgehead atoms. The molecule has 8 atom stereocenters. The summed E-state index contributed by atoms with van der Waals surface area (Å²) in [6.45, 7) is 15.9. The first kappa shape index (κ1) is 52.8. The van der Waals surface area contributed by atoms with Crippen molar-refractivity contribution in [1.82, 2.24) is 0 Å². The molecule has 18 heteroatoms. The van der Waals surface area contributed by atoms with Crippen LogP contribution in [0.25, 0.3) is 0 Å². The number of hydrogen-bond donors (Lipinski definition) is 8. The van der Waals surface area contributed by atoms with Crippen molar-refractivity contribution in [2.75, 3.05) is 0 Å². The molecule has 0 aliphatic carbocycles. The van der Waals surface area contributed by atoms with Gasteiger partial charge in [-0.1, -0.05) is 62.3 Å². The molecule has 0 saturated carbocycles. The molecular weight excluding hydrogens is 831 g/mol. The second kappa shape index (κ2) is 20.5. The van der Waals surface area contributed by atoms with Gasteiger partial charge in [0.05, 0.1) is 18.9 Å². The number of aliphatic carboxylic acids is 6. The van der Waals surface area contributed by atoms with Gasteiger partial charge in [-0.15, -0.1) is 0 Å². The van der Waals surface area contributed by atoms with E-state index in [-0.39, 0.29) is 75.8 Å². The lowest BCUT2D eigenvalue weighted by Gasteiger charge is -2.46. The van der Waals surface area contributed by atoms with Crippen LogP contribution in [0.5, 0.6) is 0 Å². The van der Waals surface area contributed by atoms with Gasteiger partial charge in [-0.3, -0.25) is 48.5 Å². The van der Waals surface area contributed by atoms with E-state index in [1.807, 2.05) is 13.8 Å². The molecule has 3 aliphatic heterocycles. The van der Waals surface area contributed by atoms with E-state index < -0.39 is 106 Å². The van der Waals surface area contributed by atoms with Crippen molar-refractivity contribution in [2.45, 2.75) is 145 Å². The van der Waals surface area contributed by atoms with Crippen LogP contribution in [0.15, 0.2) is 37.5 Å². The molecule has 0 aromatic carbocycles. The van der Waals surface area contributed by atoms with E-state index in [0.29, 0.717) is 34.0 Å². The summed E-state index contributed by atoms with van der Waals surface area (Å²) in [6.07, 6.45) is -0.733. The fourth-order valence-electron chi connectivity index (χ4n) is 10.5. The van der Waals surface area contributed by atoms with Crippen LogP contribution in [0.4, 0.5) is 0 Å². The fourth-order valence-corrected chi connectivity index (χ4v) is 10.5. The molecule has 3 aliphatic rings. The highest BCUT2D eigenvalue weighted by atomic mass is 16.4. The SMILES string of the molecule is CC(C)C(=N)C(CCC(=O)O)C(C)(CC(=O)O)C(C)C1N=C(C(C)C2=C(CCC(=O)O)C(C)(C)C(CC3=C(CCC(=O)O)C(C)(CC(N)=O)C=N3)=N2)C(C)(CCC(=O)O)C1CC(=O)O. The lowest BCUT2D eigenvalue weighted by atomic mass is 9.56. The Bertz CT molecular complexity index is 2080. The molecular formula is C46H67N5O13. The zero-order valence-corrected chi connectivity index (χ0v) is 38.5. The van der Waals surface area contributed by atoms with Crippen molar-refractivity contribution in [3.05, 3.63) is 22.5 Å². The lowest BCUT2D eigenvalue weighted by molar-refractivity contribution is -0.143. The largest absolute Gasteiger partial charge is 0.481 e. The van der Waals surface area contributed by atoms with Gasteiger partial charge in [0, 0.05) is 107 Å². The summed E-state index contributed by atoms with van der Waals surface area (Å²) >= 11 is 0. The van der Waals surface area contributed by atoms with Crippen LogP contribution in [0.2, 0.25) is 0 Å². The maximum atomic E-state index is 12.8. The average Bonchev–Trinajstić information content (AvgIpc) is 3.71. The minimum Gasteiger partial charge on any atom is -0.481 e. The number of carboxylic acids is 6. The zero-order valence-electron chi connectivity index (χ0n) is 38.5. The van der Waals surface area contributed by atoms with E-state index >= 15 is 0 Å². The number of carbonyl (C=O) groups is 7. The maximum absolute atomic E-state index is 12.8. The van der Waals surface area contributed by atoms with Crippen molar-refractivity contribution < 1.29 is 64.2 Å². The van der Waals surface area contributed by atoms with Gasteiger partial charge in [0.15, 0.2) is 0 Å². The first-order valence-corrected chi connectivity index (χ1v) is 21.8. The van der Waals surface area contributed by atoms with Crippen LogP contribution in [-0.2, 0) is 33.6 Å². The Hall–Kier alpha value is -5.55. The molecule has 0 aromatic rings. The van der Waals surface area contributed by atoms with Gasteiger partial charge in [0.1, 0.15) is 0 Å². The van der Waals surface area contributed by atoms with Crippen LogP contribution in [0.3, 0.4) is 0 Å². The standard InChI is InChI=1S/C46H67N5O13/c1-23(2)39(48)27(11-14-34(55)56)46(9,21-38(63)64)25(4)41-29(18-37(61)62)45(8,17-16-36(59)60)42(51-41)24(3)40-28(12-15-35(57)58)43(5,6)31(50-40)19-30-26(10-13-33(53)54)44(7,22-49-30)20-32(47)52/h22-25,27,29,41,48H,10-21H2,1-9H3,(H2,47,52)(H,53,54)(H,55,56)(H,57,58)(H,59,60)(H,61,62)(H,63,64). The number of carbonyl (C=O) groups excluding carboxylic acids is 1. The molecule has 1 amide bonds. The molecule has 0 radical (unpaired) electrons. The predicted octanol–water partition coefficient (Wildman–Crippen LogP) is 6.76. The number of hydrogen-bond acceptors (Lipinski definition) is 11. The smallest absolute Gasteiger partial charge is 0.303 e. The summed E-state index contributed by atoms with van der Waals surface area (Å²) in [5.74, 6) is -11.2. The van der Waals surface area contributed by atoms with Crippen molar-refractivity contribution >= 4 is 65.1 Å². The monoisotopic (exact) mass is 897 g/mol. The summed E-state index contributed by atoms with van der Waals surface area (Å²) in [5, 5.41) is 69.1. The molecule has 3 rings (SSSR count). The van der Waals surface area contributed by atoms with Crippen molar-refractivity contribution in [1.29, 1.82) is 5.41 Å². The van der Waals surface area contributed by atoms with E-state index in [0.717, 1.165) is 0 Å². The Labute approximate surface area is 373 Å². The fraction of sp³-hybridized carbons (Fsp3) is 0.674. The van der Waals surface area contributed by atoms with Crippen LogP contribution >= 0.6 is 0 Å². The summed E-state index contributed by atoms with van der Waals surface area (Å²) in [5.41, 5.74) is 4.38. The van der Waals surface area contributed by atoms with Crippen molar-refractivity contribution in [3.8, 4) is 0 Å². The molecule has 9 N–H and O–H groups in total. The number of nitrogens with two attached hydrogens (primary N) is 1. The number of carboxylic acid groups (broad SMARTS) is 6. The second-order valence-corrected chi connectivity index (χ2v) is 19.5. The van der Waals surface area contributed by atoms with Crippen LogP contribution < -0.4 is 5.73 Å². The molecule has 3 heterocycles. The first-order chi connectivity index (χ1) is 29.4.